The lowest BCUT2D eigenvalue weighted by atomic mass is 9.62. The molecule has 0 aliphatic heterocycles. The van der Waals surface area contributed by atoms with Crippen molar-refractivity contribution in [3.8, 4) is 0 Å². The van der Waals surface area contributed by atoms with Crippen LogP contribution in [0.4, 0.5) is 0 Å². The average molecular weight is 210 g/mol. The molecule has 2 heteroatoms. The molecule has 86 valence electrons. The number of hydrogen-bond donors (Lipinski definition) is 1. The van der Waals surface area contributed by atoms with Gasteiger partial charge in [0.1, 0.15) is 0 Å². The number of carboxylic acid groups (broad SMARTS) is 1. The van der Waals surface area contributed by atoms with Gasteiger partial charge in [-0.05, 0) is 43.4 Å². The molecule has 0 aromatic rings. The molecule has 1 unspecified atom stereocenters. The molecule has 15 heavy (non-hydrogen) atoms. The predicted octanol–water partition coefficient (Wildman–Crippen LogP) is 3.60. The molecular formula is C13H22O2. The Balaban J connectivity index is 1.93. The molecule has 0 saturated heterocycles. The summed E-state index contributed by atoms with van der Waals surface area (Å²) in [5.41, 5.74) is 0.552. The van der Waals surface area contributed by atoms with Crippen molar-refractivity contribution in [1.29, 1.82) is 0 Å². The van der Waals surface area contributed by atoms with Gasteiger partial charge < -0.3 is 5.11 Å². The molecule has 0 amide bonds. The first kappa shape index (κ1) is 11.0. The zero-order valence-corrected chi connectivity index (χ0v) is 9.50. The van der Waals surface area contributed by atoms with Gasteiger partial charge >= 0.3 is 5.97 Å². The number of rotatable bonds is 2. The third-order valence-electron chi connectivity index (χ3n) is 4.42. The van der Waals surface area contributed by atoms with E-state index in [1.54, 1.807) is 0 Å². The highest BCUT2D eigenvalue weighted by Gasteiger charge is 2.37. The van der Waals surface area contributed by atoms with Crippen LogP contribution < -0.4 is 0 Å². The first-order valence-corrected chi connectivity index (χ1v) is 6.42. The average Bonchev–Trinajstić information content (AvgIpc) is 2.17. The first-order chi connectivity index (χ1) is 7.20. The fraction of sp³-hybridized carbons (Fsp3) is 0.923. The number of carbonyl (C=O) groups is 1. The van der Waals surface area contributed by atoms with Gasteiger partial charge in [0.15, 0.2) is 0 Å². The lowest BCUT2D eigenvalue weighted by molar-refractivity contribution is -0.138. The van der Waals surface area contributed by atoms with Gasteiger partial charge in [0.05, 0.1) is 0 Å². The Kier molecular flexibility index (Phi) is 3.32. The minimum atomic E-state index is -0.604. The second-order valence-corrected chi connectivity index (χ2v) is 5.62. The summed E-state index contributed by atoms with van der Waals surface area (Å²) in [5.74, 6) is -0.137. The molecule has 0 heterocycles. The van der Waals surface area contributed by atoms with Gasteiger partial charge in [-0.15, -0.1) is 0 Å². The lowest BCUT2D eigenvalue weighted by Crippen LogP contribution is -2.31. The summed E-state index contributed by atoms with van der Waals surface area (Å²) < 4.78 is 0. The van der Waals surface area contributed by atoms with Crippen molar-refractivity contribution < 1.29 is 9.90 Å². The van der Waals surface area contributed by atoms with Crippen LogP contribution in [-0.2, 0) is 4.79 Å². The van der Waals surface area contributed by atoms with E-state index in [2.05, 4.69) is 0 Å². The Morgan fingerprint density at radius 2 is 1.80 bits per heavy atom. The molecule has 1 spiro atoms. The van der Waals surface area contributed by atoms with Gasteiger partial charge in [-0.2, -0.15) is 0 Å². The topological polar surface area (TPSA) is 37.3 Å². The number of aliphatic carboxylic acids is 1. The van der Waals surface area contributed by atoms with E-state index in [9.17, 15) is 4.79 Å². The van der Waals surface area contributed by atoms with Gasteiger partial charge in [0.25, 0.3) is 0 Å². The maximum Gasteiger partial charge on any atom is 0.303 e. The highest BCUT2D eigenvalue weighted by atomic mass is 16.4. The van der Waals surface area contributed by atoms with Crippen LogP contribution in [0.15, 0.2) is 0 Å². The summed E-state index contributed by atoms with van der Waals surface area (Å²) in [7, 11) is 0. The van der Waals surface area contributed by atoms with Crippen LogP contribution >= 0.6 is 0 Å². The lowest BCUT2D eigenvalue weighted by Gasteiger charge is -2.43. The number of hydrogen-bond acceptors (Lipinski definition) is 1. The van der Waals surface area contributed by atoms with Crippen molar-refractivity contribution in [2.75, 3.05) is 0 Å². The Hall–Kier alpha value is -0.530. The summed E-state index contributed by atoms with van der Waals surface area (Å²) in [5, 5.41) is 8.85. The van der Waals surface area contributed by atoms with Crippen LogP contribution in [0.3, 0.4) is 0 Å². The molecular weight excluding hydrogens is 188 g/mol. The summed E-state index contributed by atoms with van der Waals surface area (Å²) >= 11 is 0. The number of carboxylic acids is 1. The van der Waals surface area contributed by atoms with Gasteiger partial charge in [0.2, 0.25) is 0 Å². The Morgan fingerprint density at radius 1 is 1.13 bits per heavy atom. The van der Waals surface area contributed by atoms with E-state index in [0.29, 0.717) is 17.8 Å². The van der Waals surface area contributed by atoms with Gasteiger partial charge in [-0.3, -0.25) is 4.79 Å². The molecule has 2 rings (SSSR count). The SMILES string of the molecule is O=C(O)CC1CCCC2(CCCCC2)C1. The first-order valence-electron chi connectivity index (χ1n) is 6.42. The van der Waals surface area contributed by atoms with Crippen molar-refractivity contribution in [2.24, 2.45) is 11.3 Å². The van der Waals surface area contributed by atoms with Crippen molar-refractivity contribution in [3.63, 3.8) is 0 Å². The van der Waals surface area contributed by atoms with E-state index in [1.165, 1.54) is 51.4 Å². The maximum absolute atomic E-state index is 10.7. The molecule has 2 aliphatic rings. The summed E-state index contributed by atoms with van der Waals surface area (Å²) in [6, 6.07) is 0. The molecule has 0 aromatic carbocycles. The van der Waals surface area contributed by atoms with Crippen LogP contribution in [-0.4, -0.2) is 11.1 Å². The molecule has 2 aliphatic carbocycles. The van der Waals surface area contributed by atoms with Gasteiger partial charge in [-0.25, -0.2) is 0 Å². The molecule has 1 N–H and O–H groups in total. The van der Waals surface area contributed by atoms with E-state index < -0.39 is 5.97 Å². The fourth-order valence-corrected chi connectivity index (χ4v) is 3.76. The van der Waals surface area contributed by atoms with Gasteiger partial charge in [0, 0.05) is 6.42 Å². The molecule has 2 nitrogen and oxygen atoms in total. The largest absolute Gasteiger partial charge is 0.481 e. The van der Waals surface area contributed by atoms with Crippen molar-refractivity contribution in [2.45, 2.75) is 64.2 Å². The molecule has 2 fully saturated rings. The van der Waals surface area contributed by atoms with E-state index in [0.717, 1.165) is 6.42 Å². The second kappa shape index (κ2) is 4.54. The Labute approximate surface area is 92.1 Å². The summed E-state index contributed by atoms with van der Waals surface area (Å²) in [6.45, 7) is 0. The third-order valence-corrected chi connectivity index (χ3v) is 4.42. The maximum atomic E-state index is 10.7. The van der Waals surface area contributed by atoms with Crippen molar-refractivity contribution in [3.05, 3.63) is 0 Å². The minimum Gasteiger partial charge on any atom is -0.481 e. The molecule has 0 aromatic heterocycles. The predicted molar refractivity (Wildman–Crippen MR) is 59.7 cm³/mol. The zero-order valence-electron chi connectivity index (χ0n) is 9.50. The second-order valence-electron chi connectivity index (χ2n) is 5.62. The standard InChI is InChI=1S/C13H22O2/c14-12(15)9-11-5-4-8-13(10-11)6-2-1-3-7-13/h11H,1-10H2,(H,14,15). The van der Waals surface area contributed by atoms with E-state index in [-0.39, 0.29) is 0 Å². The molecule has 2 saturated carbocycles. The van der Waals surface area contributed by atoms with Crippen LogP contribution in [0.5, 0.6) is 0 Å². The van der Waals surface area contributed by atoms with E-state index in [4.69, 9.17) is 5.11 Å². The van der Waals surface area contributed by atoms with E-state index in [1.807, 2.05) is 0 Å². The van der Waals surface area contributed by atoms with Crippen molar-refractivity contribution in [1.82, 2.24) is 0 Å². The van der Waals surface area contributed by atoms with E-state index >= 15 is 0 Å². The highest BCUT2D eigenvalue weighted by molar-refractivity contribution is 5.67. The van der Waals surface area contributed by atoms with Crippen LogP contribution in [0, 0.1) is 11.3 Å². The minimum absolute atomic E-state index is 0.405. The van der Waals surface area contributed by atoms with Crippen molar-refractivity contribution >= 4 is 5.97 Å². The van der Waals surface area contributed by atoms with Gasteiger partial charge in [-0.1, -0.05) is 25.7 Å². The summed E-state index contributed by atoms with van der Waals surface area (Å²) in [4.78, 5) is 10.7. The molecule has 1 atom stereocenters. The molecule has 0 radical (unpaired) electrons. The molecule has 0 bridgehead atoms. The van der Waals surface area contributed by atoms with Crippen LogP contribution in [0.25, 0.3) is 0 Å². The zero-order chi connectivity index (χ0) is 10.7. The summed E-state index contributed by atoms with van der Waals surface area (Å²) in [6.07, 6.45) is 12.2. The van der Waals surface area contributed by atoms with Crippen LogP contribution in [0.2, 0.25) is 0 Å². The monoisotopic (exact) mass is 210 g/mol. The normalized spacial score (nSPS) is 30.3. The highest BCUT2D eigenvalue weighted by Crippen LogP contribution is 2.49. The third kappa shape index (κ3) is 2.73. The van der Waals surface area contributed by atoms with Crippen LogP contribution in [0.1, 0.15) is 64.2 Å². The fourth-order valence-electron chi connectivity index (χ4n) is 3.76. The Morgan fingerprint density at radius 3 is 2.47 bits per heavy atom. The smallest absolute Gasteiger partial charge is 0.303 e. The Bertz CT molecular complexity index is 223. The quantitative estimate of drug-likeness (QED) is 0.756.